The molecular formula is C25H32N4O3. The topological polar surface area (TPSA) is 61.6 Å². The minimum Gasteiger partial charge on any atom is -0.491 e. The van der Waals surface area contributed by atoms with Crippen LogP contribution in [0.25, 0.3) is 11.3 Å². The van der Waals surface area contributed by atoms with E-state index in [1.54, 1.807) is 11.8 Å². The molecule has 0 aliphatic carbocycles. The summed E-state index contributed by atoms with van der Waals surface area (Å²) in [6.07, 6.45) is 3.89. The van der Waals surface area contributed by atoms with E-state index >= 15 is 0 Å². The van der Waals surface area contributed by atoms with Crippen molar-refractivity contribution in [3.05, 3.63) is 65.6 Å². The Balaban J connectivity index is 1.46. The average Bonchev–Trinajstić information content (AvgIpc) is 3.22. The Kier molecular flexibility index (Phi) is 7.19. The Hall–Kier alpha value is -2.74. The summed E-state index contributed by atoms with van der Waals surface area (Å²) in [4.78, 5) is 7.28. The number of ether oxygens (including phenoxy) is 3. The van der Waals surface area contributed by atoms with Crippen molar-refractivity contribution in [2.75, 3.05) is 26.8 Å². The third kappa shape index (κ3) is 5.54. The summed E-state index contributed by atoms with van der Waals surface area (Å²) < 4.78 is 19.2. The first-order chi connectivity index (χ1) is 15.5. The van der Waals surface area contributed by atoms with Crippen LogP contribution < -0.4 is 4.74 Å². The van der Waals surface area contributed by atoms with Gasteiger partial charge >= 0.3 is 0 Å². The summed E-state index contributed by atoms with van der Waals surface area (Å²) in [7, 11) is 3.63. The van der Waals surface area contributed by atoms with E-state index in [2.05, 4.69) is 28.2 Å². The highest BCUT2D eigenvalue weighted by Gasteiger charge is 2.24. The zero-order valence-electron chi connectivity index (χ0n) is 19.3. The molecule has 0 radical (unpaired) electrons. The van der Waals surface area contributed by atoms with Crippen LogP contribution in [0.3, 0.4) is 0 Å². The van der Waals surface area contributed by atoms with Gasteiger partial charge in [0.05, 0.1) is 36.9 Å². The van der Waals surface area contributed by atoms with Crippen molar-refractivity contribution in [2.45, 2.75) is 39.2 Å². The SMILES string of the molecule is COCc1cc(CN2CCO[C@@H](c3cccc(-c4cnn(C)c4)n3)C2)ccc1OC(C)C. The number of aryl methyl sites for hydroxylation is 1. The molecule has 0 bridgehead atoms. The van der Waals surface area contributed by atoms with Gasteiger partial charge in [-0.2, -0.15) is 5.10 Å². The molecule has 1 fully saturated rings. The Morgan fingerprint density at radius 2 is 2.09 bits per heavy atom. The van der Waals surface area contributed by atoms with Crippen LogP contribution in [0.5, 0.6) is 5.75 Å². The van der Waals surface area contributed by atoms with Crippen molar-refractivity contribution in [3.63, 3.8) is 0 Å². The van der Waals surface area contributed by atoms with Crippen LogP contribution in [0.1, 0.15) is 36.8 Å². The fraction of sp³-hybridized carbons (Fsp3) is 0.440. The molecule has 1 aliphatic rings. The first-order valence-corrected chi connectivity index (χ1v) is 11.1. The minimum absolute atomic E-state index is 0.0534. The monoisotopic (exact) mass is 436 g/mol. The van der Waals surface area contributed by atoms with Crippen molar-refractivity contribution in [2.24, 2.45) is 7.05 Å². The van der Waals surface area contributed by atoms with E-state index in [1.807, 2.05) is 51.5 Å². The molecule has 0 saturated carbocycles. The maximum absolute atomic E-state index is 6.09. The molecule has 1 aliphatic heterocycles. The second-order valence-corrected chi connectivity index (χ2v) is 8.49. The predicted octanol–water partition coefficient (Wildman–Crippen LogP) is 3.99. The lowest BCUT2D eigenvalue weighted by Gasteiger charge is -2.33. The highest BCUT2D eigenvalue weighted by atomic mass is 16.5. The molecule has 0 unspecified atom stereocenters. The van der Waals surface area contributed by atoms with Crippen LogP contribution in [0, 0.1) is 0 Å². The van der Waals surface area contributed by atoms with Crippen LogP contribution >= 0.6 is 0 Å². The average molecular weight is 437 g/mol. The molecule has 7 heteroatoms. The van der Waals surface area contributed by atoms with Crippen LogP contribution in [0.2, 0.25) is 0 Å². The van der Waals surface area contributed by atoms with Gasteiger partial charge in [0.2, 0.25) is 0 Å². The van der Waals surface area contributed by atoms with E-state index in [1.165, 1.54) is 5.56 Å². The molecule has 0 amide bonds. The fourth-order valence-corrected chi connectivity index (χ4v) is 4.00. The lowest BCUT2D eigenvalue weighted by atomic mass is 10.1. The maximum Gasteiger partial charge on any atom is 0.125 e. The number of methoxy groups -OCH3 is 1. The highest BCUT2D eigenvalue weighted by molar-refractivity contribution is 5.57. The van der Waals surface area contributed by atoms with Crippen LogP contribution in [0.4, 0.5) is 0 Å². The third-order valence-electron chi connectivity index (χ3n) is 5.45. The van der Waals surface area contributed by atoms with Crippen LogP contribution in [0.15, 0.2) is 48.8 Å². The molecular weight excluding hydrogens is 404 g/mol. The van der Waals surface area contributed by atoms with Crippen molar-refractivity contribution < 1.29 is 14.2 Å². The van der Waals surface area contributed by atoms with Gasteiger partial charge in [-0.25, -0.2) is 4.98 Å². The minimum atomic E-state index is -0.0534. The Labute approximate surface area is 189 Å². The number of rotatable bonds is 8. The summed E-state index contributed by atoms with van der Waals surface area (Å²) in [5, 5.41) is 4.26. The maximum atomic E-state index is 6.09. The van der Waals surface area contributed by atoms with Crippen LogP contribution in [-0.4, -0.2) is 52.6 Å². The molecule has 3 heterocycles. The van der Waals surface area contributed by atoms with Gasteiger partial charge in [0, 0.05) is 51.1 Å². The molecule has 1 aromatic carbocycles. The van der Waals surface area contributed by atoms with Gasteiger partial charge in [0.15, 0.2) is 0 Å². The van der Waals surface area contributed by atoms with Crippen molar-refractivity contribution >= 4 is 0 Å². The molecule has 32 heavy (non-hydrogen) atoms. The number of nitrogens with zero attached hydrogens (tertiary/aromatic N) is 4. The lowest BCUT2D eigenvalue weighted by molar-refractivity contribution is -0.0349. The number of benzene rings is 1. The van der Waals surface area contributed by atoms with Gasteiger partial charge in [-0.1, -0.05) is 12.1 Å². The Bertz CT molecular complexity index is 1030. The molecule has 0 spiro atoms. The number of aromatic nitrogens is 3. The first kappa shape index (κ1) is 22.5. The third-order valence-corrected chi connectivity index (χ3v) is 5.45. The van der Waals surface area contributed by atoms with Crippen LogP contribution in [-0.2, 0) is 29.7 Å². The predicted molar refractivity (Wildman–Crippen MR) is 123 cm³/mol. The standard InChI is InChI=1S/C25H32N4O3/c1-18(2)32-24-9-8-19(12-20(24)17-30-4)14-29-10-11-31-25(16-29)23-7-5-6-22(27-23)21-13-26-28(3)15-21/h5-9,12-13,15,18,25H,10-11,14,16-17H2,1-4H3/t25-/m1/s1. The number of pyridine rings is 1. The largest absolute Gasteiger partial charge is 0.491 e. The molecule has 2 aromatic heterocycles. The van der Waals surface area contributed by atoms with E-state index in [0.717, 1.165) is 47.9 Å². The van der Waals surface area contributed by atoms with E-state index in [0.29, 0.717) is 13.2 Å². The van der Waals surface area contributed by atoms with Gasteiger partial charge in [0.25, 0.3) is 0 Å². The first-order valence-electron chi connectivity index (χ1n) is 11.1. The molecule has 1 atom stereocenters. The number of morpholine rings is 1. The smallest absolute Gasteiger partial charge is 0.125 e. The number of hydrogen-bond donors (Lipinski definition) is 0. The second kappa shape index (κ2) is 10.3. The van der Waals surface area contributed by atoms with Crippen molar-refractivity contribution in [1.29, 1.82) is 0 Å². The molecule has 0 N–H and O–H groups in total. The summed E-state index contributed by atoms with van der Waals surface area (Å²) in [5.74, 6) is 0.891. The van der Waals surface area contributed by atoms with Crippen molar-refractivity contribution in [1.82, 2.24) is 19.7 Å². The van der Waals surface area contributed by atoms with Crippen molar-refractivity contribution in [3.8, 4) is 17.0 Å². The molecule has 4 rings (SSSR count). The molecule has 3 aromatic rings. The zero-order valence-corrected chi connectivity index (χ0v) is 19.3. The van der Waals surface area contributed by atoms with Gasteiger partial charge < -0.3 is 14.2 Å². The molecule has 170 valence electrons. The quantitative estimate of drug-likeness (QED) is 0.532. The summed E-state index contributed by atoms with van der Waals surface area (Å²) in [6, 6.07) is 12.5. The Morgan fingerprint density at radius 1 is 1.22 bits per heavy atom. The van der Waals surface area contributed by atoms with E-state index in [-0.39, 0.29) is 12.2 Å². The summed E-state index contributed by atoms with van der Waals surface area (Å²) in [6.45, 7) is 7.83. The molecule has 1 saturated heterocycles. The van der Waals surface area contributed by atoms with Gasteiger partial charge in [-0.3, -0.25) is 9.58 Å². The highest BCUT2D eigenvalue weighted by Crippen LogP contribution is 2.27. The second-order valence-electron chi connectivity index (χ2n) is 8.49. The lowest BCUT2D eigenvalue weighted by Crippen LogP contribution is -2.38. The summed E-state index contributed by atoms with van der Waals surface area (Å²) >= 11 is 0. The zero-order chi connectivity index (χ0) is 22.5. The number of hydrogen-bond acceptors (Lipinski definition) is 6. The summed E-state index contributed by atoms with van der Waals surface area (Å²) in [5.41, 5.74) is 5.20. The van der Waals surface area contributed by atoms with E-state index in [9.17, 15) is 0 Å². The Morgan fingerprint density at radius 3 is 2.84 bits per heavy atom. The fourth-order valence-electron chi connectivity index (χ4n) is 4.00. The van der Waals surface area contributed by atoms with E-state index < -0.39 is 0 Å². The van der Waals surface area contributed by atoms with Gasteiger partial charge in [-0.15, -0.1) is 0 Å². The molecule has 7 nitrogen and oxygen atoms in total. The normalized spacial score (nSPS) is 17.1. The van der Waals surface area contributed by atoms with Gasteiger partial charge in [0.1, 0.15) is 11.9 Å². The van der Waals surface area contributed by atoms with Gasteiger partial charge in [-0.05, 0) is 43.7 Å². The van der Waals surface area contributed by atoms with E-state index in [4.69, 9.17) is 19.2 Å².